The molecule has 3 rings (SSSR count). The van der Waals surface area contributed by atoms with E-state index in [0.717, 1.165) is 25.3 Å². The van der Waals surface area contributed by atoms with Gasteiger partial charge in [-0.15, -0.1) is 0 Å². The molecule has 0 bridgehead atoms. The summed E-state index contributed by atoms with van der Waals surface area (Å²) in [4.78, 5) is 2.63. The van der Waals surface area contributed by atoms with Crippen LogP contribution in [0.15, 0.2) is 65.7 Å². The standard InChI is InChI=1S/C22H27NO/c1-17-13-14-23(16-20-7-5-4-6-8-20)22(18(17)2)15-19-9-11-21(24-3)12-10-19/h4-12,22H,13-16H2,1-3H3/t22-/m1/s1. The monoisotopic (exact) mass is 321 g/mol. The highest BCUT2D eigenvalue weighted by Crippen LogP contribution is 2.28. The summed E-state index contributed by atoms with van der Waals surface area (Å²) in [5.74, 6) is 0.923. The van der Waals surface area contributed by atoms with Crippen LogP contribution in [0.4, 0.5) is 0 Å². The van der Waals surface area contributed by atoms with Gasteiger partial charge in [-0.3, -0.25) is 4.90 Å². The van der Waals surface area contributed by atoms with Gasteiger partial charge in [0.15, 0.2) is 0 Å². The first-order chi connectivity index (χ1) is 11.7. The van der Waals surface area contributed by atoms with E-state index in [2.05, 4.69) is 73.3 Å². The van der Waals surface area contributed by atoms with E-state index in [-0.39, 0.29) is 0 Å². The second-order valence-corrected chi connectivity index (χ2v) is 6.74. The maximum absolute atomic E-state index is 5.28. The van der Waals surface area contributed by atoms with E-state index >= 15 is 0 Å². The number of nitrogens with zero attached hydrogens (tertiary/aromatic N) is 1. The molecule has 0 saturated heterocycles. The van der Waals surface area contributed by atoms with Gasteiger partial charge in [-0.25, -0.2) is 0 Å². The highest BCUT2D eigenvalue weighted by molar-refractivity contribution is 5.30. The molecule has 0 amide bonds. The first-order valence-electron chi connectivity index (χ1n) is 8.74. The van der Waals surface area contributed by atoms with Crippen LogP contribution in [0.5, 0.6) is 5.75 Å². The van der Waals surface area contributed by atoms with Crippen LogP contribution >= 0.6 is 0 Å². The predicted octanol–water partition coefficient (Wildman–Crippen LogP) is 4.85. The molecule has 0 saturated carbocycles. The third kappa shape index (κ3) is 3.88. The van der Waals surface area contributed by atoms with Crippen molar-refractivity contribution in [1.82, 2.24) is 4.90 Å². The molecule has 2 aromatic rings. The number of benzene rings is 2. The molecule has 2 heteroatoms. The first-order valence-corrected chi connectivity index (χ1v) is 8.74. The minimum absolute atomic E-state index is 0.479. The topological polar surface area (TPSA) is 12.5 Å². The average molecular weight is 321 g/mol. The van der Waals surface area contributed by atoms with Gasteiger partial charge in [0, 0.05) is 19.1 Å². The zero-order valence-electron chi connectivity index (χ0n) is 15.0. The lowest BCUT2D eigenvalue weighted by atomic mass is 9.90. The Morgan fingerprint density at radius 3 is 2.33 bits per heavy atom. The van der Waals surface area contributed by atoms with Crippen molar-refractivity contribution in [2.75, 3.05) is 13.7 Å². The normalized spacial score (nSPS) is 18.7. The van der Waals surface area contributed by atoms with Crippen LogP contribution in [0.2, 0.25) is 0 Å². The van der Waals surface area contributed by atoms with E-state index in [1.165, 1.54) is 23.1 Å². The molecule has 0 aromatic heterocycles. The highest BCUT2D eigenvalue weighted by Gasteiger charge is 2.25. The molecule has 1 aliphatic rings. The third-order valence-electron chi connectivity index (χ3n) is 5.20. The summed E-state index contributed by atoms with van der Waals surface area (Å²) >= 11 is 0. The van der Waals surface area contributed by atoms with Crippen LogP contribution in [0.3, 0.4) is 0 Å². The molecule has 1 heterocycles. The van der Waals surface area contributed by atoms with Crippen molar-refractivity contribution < 1.29 is 4.74 Å². The Morgan fingerprint density at radius 2 is 1.67 bits per heavy atom. The van der Waals surface area contributed by atoms with E-state index in [1.54, 1.807) is 12.7 Å². The molecule has 126 valence electrons. The van der Waals surface area contributed by atoms with Crippen LogP contribution in [0.25, 0.3) is 0 Å². The van der Waals surface area contributed by atoms with Gasteiger partial charge in [0.2, 0.25) is 0 Å². The smallest absolute Gasteiger partial charge is 0.118 e. The lowest BCUT2D eigenvalue weighted by molar-refractivity contribution is 0.198. The van der Waals surface area contributed by atoms with E-state index in [1.807, 2.05) is 0 Å². The molecule has 2 nitrogen and oxygen atoms in total. The average Bonchev–Trinajstić information content (AvgIpc) is 2.63. The van der Waals surface area contributed by atoms with Crippen molar-refractivity contribution in [2.45, 2.75) is 39.3 Å². The van der Waals surface area contributed by atoms with Gasteiger partial charge in [-0.05, 0) is 49.9 Å². The number of hydrogen-bond donors (Lipinski definition) is 0. The van der Waals surface area contributed by atoms with Crippen molar-refractivity contribution in [3.8, 4) is 5.75 Å². The summed E-state index contributed by atoms with van der Waals surface area (Å²) in [6.45, 7) is 6.75. The van der Waals surface area contributed by atoms with Crippen molar-refractivity contribution >= 4 is 0 Å². The number of rotatable bonds is 5. The molecule has 1 atom stereocenters. The maximum Gasteiger partial charge on any atom is 0.118 e. The summed E-state index contributed by atoms with van der Waals surface area (Å²) in [5, 5.41) is 0. The Morgan fingerprint density at radius 1 is 0.958 bits per heavy atom. The zero-order chi connectivity index (χ0) is 16.9. The van der Waals surface area contributed by atoms with E-state index in [0.29, 0.717) is 6.04 Å². The van der Waals surface area contributed by atoms with Gasteiger partial charge in [-0.1, -0.05) is 53.6 Å². The lowest BCUT2D eigenvalue weighted by Gasteiger charge is -2.38. The largest absolute Gasteiger partial charge is 0.497 e. The Bertz CT molecular complexity index is 688. The Labute approximate surface area is 145 Å². The van der Waals surface area contributed by atoms with Crippen LogP contribution in [0, 0.1) is 0 Å². The fourth-order valence-corrected chi connectivity index (χ4v) is 3.50. The summed E-state index contributed by atoms with van der Waals surface area (Å²) in [5.41, 5.74) is 5.85. The fraction of sp³-hybridized carbons (Fsp3) is 0.364. The zero-order valence-corrected chi connectivity index (χ0v) is 15.0. The van der Waals surface area contributed by atoms with Crippen LogP contribution < -0.4 is 4.74 Å². The van der Waals surface area contributed by atoms with Gasteiger partial charge < -0.3 is 4.74 Å². The minimum Gasteiger partial charge on any atom is -0.497 e. The summed E-state index contributed by atoms with van der Waals surface area (Å²) in [7, 11) is 1.72. The van der Waals surface area contributed by atoms with Crippen LogP contribution in [-0.2, 0) is 13.0 Å². The molecule has 2 aromatic carbocycles. The van der Waals surface area contributed by atoms with Crippen LogP contribution in [0.1, 0.15) is 31.4 Å². The lowest BCUT2D eigenvalue weighted by Crippen LogP contribution is -2.41. The highest BCUT2D eigenvalue weighted by atomic mass is 16.5. The SMILES string of the molecule is COc1ccc(C[C@@H]2C(C)=C(C)CCN2Cc2ccccc2)cc1. The molecule has 24 heavy (non-hydrogen) atoms. The Balaban J connectivity index is 1.80. The molecule has 0 radical (unpaired) electrons. The van der Waals surface area contributed by atoms with Gasteiger partial charge in [0.1, 0.15) is 5.75 Å². The number of methoxy groups -OCH3 is 1. The summed E-state index contributed by atoms with van der Waals surface area (Å²) in [6, 6.07) is 19.8. The van der Waals surface area contributed by atoms with Crippen LogP contribution in [-0.4, -0.2) is 24.6 Å². The third-order valence-corrected chi connectivity index (χ3v) is 5.20. The fourth-order valence-electron chi connectivity index (χ4n) is 3.50. The Kier molecular flexibility index (Phi) is 5.37. The van der Waals surface area contributed by atoms with Crippen molar-refractivity contribution in [3.05, 3.63) is 76.9 Å². The minimum atomic E-state index is 0.479. The van der Waals surface area contributed by atoms with E-state index in [9.17, 15) is 0 Å². The molecule has 0 fully saturated rings. The van der Waals surface area contributed by atoms with E-state index in [4.69, 9.17) is 4.74 Å². The molecular weight excluding hydrogens is 294 g/mol. The summed E-state index contributed by atoms with van der Waals surface area (Å²) < 4.78 is 5.28. The predicted molar refractivity (Wildman–Crippen MR) is 100 cm³/mol. The van der Waals surface area contributed by atoms with Gasteiger partial charge in [0.05, 0.1) is 7.11 Å². The van der Waals surface area contributed by atoms with Gasteiger partial charge in [-0.2, -0.15) is 0 Å². The van der Waals surface area contributed by atoms with Gasteiger partial charge in [0.25, 0.3) is 0 Å². The number of hydrogen-bond acceptors (Lipinski definition) is 2. The summed E-state index contributed by atoms with van der Waals surface area (Å²) in [6.07, 6.45) is 2.23. The Hall–Kier alpha value is -2.06. The van der Waals surface area contributed by atoms with Crippen molar-refractivity contribution in [1.29, 1.82) is 0 Å². The molecular formula is C22H27NO. The number of ether oxygens (including phenoxy) is 1. The first kappa shape index (κ1) is 16.8. The second-order valence-electron chi connectivity index (χ2n) is 6.74. The maximum atomic E-state index is 5.28. The van der Waals surface area contributed by atoms with Gasteiger partial charge >= 0.3 is 0 Å². The van der Waals surface area contributed by atoms with E-state index < -0.39 is 0 Å². The molecule has 0 unspecified atom stereocenters. The van der Waals surface area contributed by atoms with Crippen molar-refractivity contribution in [2.24, 2.45) is 0 Å². The molecule has 1 aliphatic heterocycles. The second kappa shape index (κ2) is 7.67. The molecule has 0 spiro atoms. The quantitative estimate of drug-likeness (QED) is 0.730. The molecule has 0 aliphatic carbocycles. The molecule has 0 N–H and O–H groups in total. The van der Waals surface area contributed by atoms with Crippen molar-refractivity contribution in [3.63, 3.8) is 0 Å².